The van der Waals surface area contributed by atoms with Gasteiger partial charge >= 0.3 is 0 Å². The molecule has 2 heterocycles. The normalized spacial score (nSPS) is 32.9. The lowest BCUT2D eigenvalue weighted by Crippen LogP contribution is -2.65. The van der Waals surface area contributed by atoms with Crippen molar-refractivity contribution in [1.82, 2.24) is 0 Å². The summed E-state index contributed by atoms with van der Waals surface area (Å²) in [6.07, 6.45) is -4.06. The van der Waals surface area contributed by atoms with Crippen LogP contribution in [-0.4, -0.2) is 64.2 Å². The maximum absolute atomic E-state index is 10.7. The van der Waals surface area contributed by atoms with Crippen LogP contribution in [0.3, 0.4) is 0 Å². The van der Waals surface area contributed by atoms with Gasteiger partial charge in [0.2, 0.25) is 5.79 Å². The van der Waals surface area contributed by atoms with Crippen molar-refractivity contribution in [2.24, 2.45) is 0 Å². The second kappa shape index (κ2) is 8.09. The molecule has 8 heteroatoms. The van der Waals surface area contributed by atoms with E-state index in [0.29, 0.717) is 23.6 Å². The van der Waals surface area contributed by atoms with Crippen LogP contribution in [0, 0.1) is 0 Å². The van der Waals surface area contributed by atoms with Crippen LogP contribution in [0.5, 0.6) is 5.75 Å². The highest BCUT2D eigenvalue weighted by atomic mass is 35.5. The lowest BCUT2D eigenvalue weighted by Gasteiger charge is -2.46. The molecule has 162 valence electrons. The number of aliphatic hydroxyl groups is 4. The number of rotatable bonds is 6. The highest BCUT2D eigenvalue weighted by Crippen LogP contribution is 2.49. The molecule has 2 aliphatic rings. The maximum Gasteiger partial charge on any atom is 0.225 e. The van der Waals surface area contributed by atoms with Gasteiger partial charge in [-0.15, -0.1) is 0 Å². The third-order valence-electron chi connectivity index (χ3n) is 5.81. The number of ether oxygens (including phenoxy) is 3. The number of benzene rings is 2. The predicted molar refractivity (Wildman–Crippen MR) is 108 cm³/mol. The Bertz CT molecular complexity index is 905. The van der Waals surface area contributed by atoms with E-state index in [1.165, 1.54) is 0 Å². The summed E-state index contributed by atoms with van der Waals surface area (Å²) in [5.41, 5.74) is 0.719. The summed E-state index contributed by atoms with van der Waals surface area (Å²) in [4.78, 5) is 0. The van der Waals surface area contributed by atoms with E-state index in [1.807, 2.05) is 31.2 Å². The van der Waals surface area contributed by atoms with Crippen LogP contribution in [0.2, 0.25) is 5.02 Å². The zero-order valence-corrected chi connectivity index (χ0v) is 17.2. The second-order valence-electron chi connectivity index (χ2n) is 7.72. The molecule has 4 rings (SSSR count). The van der Waals surface area contributed by atoms with Gasteiger partial charge in [-0.25, -0.2) is 0 Å². The van der Waals surface area contributed by atoms with E-state index >= 15 is 0 Å². The summed E-state index contributed by atoms with van der Waals surface area (Å²) in [5.74, 6) is -0.925. The molecule has 2 aliphatic heterocycles. The smallest absolute Gasteiger partial charge is 0.225 e. The predicted octanol–water partition coefficient (Wildman–Crippen LogP) is 1.36. The fourth-order valence-electron chi connectivity index (χ4n) is 4.09. The minimum atomic E-state index is -1.71. The Labute approximate surface area is 179 Å². The Morgan fingerprint density at radius 1 is 1.10 bits per heavy atom. The molecule has 2 aromatic rings. The number of hydrogen-bond donors (Lipinski definition) is 4. The molecule has 0 saturated carbocycles. The van der Waals surface area contributed by atoms with Gasteiger partial charge in [0, 0.05) is 10.6 Å². The summed E-state index contributed by atoms with van der Waals surface area (Å²) in [6, 6.07) is 12.7. The Morgan fingerprint density at radius 3 is 2.50 bits per heavy atom. The number of halogens is 1. The first kappa shape index (κ1) is 21.5. The number of hydrogen-bond acceptors (Lipinski definition) is 7. The van der Waals surface area contributed by atoms with Gasteiger partial charge in [-0.05, 0) is 48.7 Å². The van der Waals surface area contributed by atoms with Crippen molar-refractivity contribution in [1.29, 1.82) is 0 Å². The zero-order chi connectivity index (χ0) is 21.5. The molecule has 30 heavy (non-hydrogen) atoms. The van der Waals surface area contributed by atoms with Crippen LogP contribution >= 0.6 is 11.6 Å². The van der Waals surface area contributed by atoms with Crippen molar-refractivity contribution >= 4 is 11.6 Å². The van der Waals surface area contributed by atoms with E-state index < -0.39 is 36.3 Å². The Balaban J connectivity index is 1.66. The van der Waals surface area contributed by atoms with E-state index in [0.717, 1.165) is 16.9 Å². The molecule has 2 saturated heterocycles. The standard InChI is InChI=1S/C22H25ClO7/c1-2-28-16-6-3-13(4-7-16)9-14-10-15(5-8-17(14)23)22-20(27)18(25)19(26)21(11-24,30-22)12-29-22/h3-8,10,18-20,24-27H,2,9,11-12H2,1H3/t18-,19-,20+,21+,22+/m1/s1. The zero-order valence-electron chi connectivity index (χ0n) is 16.5. The molecule has 0 aromatic heterocycles. The molecule has 2 aromatic carbocycles. The molecule has 0 amide bonds. The average molecular weight is 437 g/mol. The monoisotopic (exact) mass is 436 g/mol. The Kier molecular flexibility index (Phi) is 5.80. The van der Waals surface area contributed by atoms with Crippen molar-refractivity contribution < 1.29 is 34.6 Å². The molecule has 5 atom stereocenters. The van der Waals surface area contributed by atoms with Crippen molar-refractivity contribution in [3.63, 3.8) is 0 Å². The first-order chi connectivity index (χ1) is 14.3. The van der Waals surface area contributed by atoms with Crippen LogP contribution in [0.1, 0.15) is 23.6 Å². The molecule has 0 spiro atoms. The van der Waals surface area contributed by atoms with E-state index in [4.69, 9.17) is 25.8 Å². The van der Waals surface area contributed by atoms with E-state index in [2.05, 4.69) is 0 Å². The summed E-state index contributed by atoms with van der Waals surface area (Å²) < 4.78 is 17.1. The molecular formula is C22H25ClO7. The molecule has 0 radical (unpaired) electrons. The summed E-state index contributed by atoms with van der Waals surface area (Å²) >= 11 is 6.41. The first-order valence-corrected chi connectivity index (χ1v) is 10.2. The number of fused-ring (bicyclic) bond motifs is 2. The second-order valence-corrected chi connectivity index (χ2v) is 8.13. The van der Waals surface area contributed by atoms with Gasteiger partial charge < -0.3 is 34.6 Å². The topological polar surface area (TPSA) is 109 Å². The summed E-state index contributed by atoms with van der Waals surface area (Å²) in [6.45, 7) is 1.78. The lowest BCUT2D eigenvalue weighted by atomic mass is 9.83. The SMILES string of the molecule is CCOc1ccc(Cc2cc([C@]34OC[C@](CO)(O3)[C@H](O)[C@@H](O)[C@@H]4O)ccc2Cl)cc1. The van der Waals surface area contributed by atoms with E-state index in [-0.39, 0.29) is 6.61 Å². The van der Waals surface area contributed by atoms with Crippen LogP contribution in [0.4, 0.5) is 0 Å². The first-order valence-electron chi connectivity index (χ1n) is 9.85. The Hall–Kier alpha value is -1.71. The third-order valence-corrected chi connectivity index (χ3v) is 6.17. The molecule has 4 N–H and O–H groups in total. The van der Waals surface area contributed by atoms with Gasteiger partial charge in [0.25, 0.3) is 0 Å². The minimum absolute atomic E-state index is 0.171. The van der Waals surface area contributed by atoms with Crippen molar-refractivity contribution in [3.05, 3.63) is 64.2 Å². The van der Waals surface area contributed by atoms with Crippen molar-refractivity contribution in [3.8, 4) is 5.75 Å². The maximum atomic E-state index is 10.7. The van der Waals surface area contributed by atoms with Crippen LogP contribution in [-0.2, 0) is 21.7 Å². The molecular weight excluding hydrogens is 412 g/mol. The highest BCUT2D eigenvalue weighted by Gasteiger charge is 2.67. The van der Waals surface area contributed by atoms with Crippen LogP contribution in [0.15, 0.2) is 42.5 Å². The quantitative estimate of drug-likeness (QED) is 0.541. The van der Waals surface area contributed by atoms with Gasteiger partial charge in [-0.1, -0.05) is 29.8 Å². The Morgan fingerprint density at radius 2 is 1.83 bits per heavy atom. The molecule has 2 bridgehead atoms. The summed E-state index contributed by atoms with van der Waals surface area (Å²) in [7, 11) is 0. The fourth-order valence-corrected chi connectivity index (χ4v) is 4.28. The van der Waals surface area contributed by atoms with Gasteiger partial charge in [-0.2, -0.15) is 0 Å². The van der Waals surface area contributed by atoms with Gasteiger partial charge in [0.15, 0.2) is 0 Å². The van der Waals surface area contributed by atoms with Gasteiger partial charge in [0.1, 0.15) is 29.7 Å². The molecule has 2 fully saturated rings. The molecule has 7 nitrogen and oxygen atoms in total. The minimum Gasteiger partial charge on any atom is -0.494 e. The van der Waals surface area contributed by atoms with Crippen molar-refractivity contribution in [2.75, 3.05) is 19.8 Å². The highest BCUT2D eigenvalue weighted by molar-refractivity contribution is 6.31. The largest absolute Gasteiger partial charge is 0.494 e. The molecule has 0 aliphatic carbocycles. The average Bonchev–Trinajstić information content (AvgIpc) is 3.14. The van der Waals surface area contributed by atoms with Gasteiger partial charge in [0.05, 0.1) is 19.8 Å². The fraction of sp³-hybridized carbons (Fsp3) is 0.455. The van der Waals surface area contributed by atoms with Gasteiger partial charge in [-0.3, -0.25) is 0 Å². The van der Waals surface area contributed by atoms with E-state index in [9.17, 15) is 20.4 Å². The van der Waals surface area contributed by atoms with Crippen molar-refractivity contribution in [2.45, 2.75) is 43.0 Å². The van der Waals surface area contributed by atoms with Crippen LogP contribution in [0.25, 0.3) is 0 Å². The van der Waals surface area contributed by atoms with E-state index in [1.54, 1.807) is 18.2 Å². The molecule has 0 unspecified atom stereocenters. The summed E-state index contributed by atoms with van der Waals surface area (Å²) in [5, 5.41) is 41.7. The number of aliphatic hydroxyl groups excluding tert-OH is 4. The lowest BCUT2D eigenvalue weighted by molar-refractivity contribution is -0.329. The third kappa shape index (κ3) is 3.40. The van der Waals surface area contributed by atoms with Crippen LogP contribution < -0.4 is 4.74 Å².